The van der Waals surface area contributed by atoms with E-state index in [0.717, 1.165) is 19.4 Å². The normalized spacial score (nSPS) is 20.0. The topological polar surface area (TPSA) is 99.9 Å². The van der Waals surface area contributed by atoms with Crippen LogP contribution in [-0.2, 0) is 10.0 Å². The fourth-order valence-corrected chi connectivity index (χ4v) is 4.23. The van der Waals surface area contributed by atoms with Gasteiger partial charge >= 0.3 is 5.97 Å². The van der Waals surface area contributed by atoms with Gasteiger partial charge in [-0.3, -0.25) is 0 Å². The highest BCUT2D eigenvalue weighted by Crippen LogP contribution is 2.26. The van der Waals surface area contributed by atoms with E-state index in [1.165, 1.54) is 13.8 Å². The number of aromatic carboxylic acids is 1. The first-order chi connectivity index (χ1) is 9.74. The minimum absolute atomic E-state index is 0.0946. The molecule has 2 rings (SSSR count). The summed E-state index contributed by atoms with van der Waals surface area (Å²) in [5.41, 5.74) is -0.292. The lowest BCUT2D eigenvalue weighted by molar-refractivity contribution is 0.0691. The Bertz CT molecular complexity index is 650. The van der Waals surface area contributed by atoms with E-state index < -0.39 is 16.0 Å². The second kappa shape index (κ2) is 5.78. The maximum Gasteiger partial charge on any atom is 0.340 e. The van der Waals surface area contributed by atoms with E-state index in [9.17, 15) is 18.3 Å². The number of carboxylic acid groups (broad SMARTS) is 1. The third kappa shape index (κ3) is 3.12. The molecule has 1 aromatic heterocycles. The number of sulfonamides is 1. The van der Waals surface area contributed by atoms with Crippen LogP contribution in [0.1, 0.15) is 34.7 Å². The molecule has 7 nitrogen and oxygen atoms in total. The van der Waals surface area contributed by atoms with Crippen LogP contribution in [0.3, 0.4) is 0 Å². The van der Waals surface area contributed by atoms with Gasteiger partial charge in [0.25, 0.3) is 0 Å². The Morgan fingerprint density at radius 3 is 2.62 bits per heavy atom. The van der Waals surface area contributed by atoms with Gasteiger partial charge in [0.15, 0.2) is 0 Å². The standard InChI is InChI=1S/C13H20N2O5S/c1-8-11(13(16)17)12(9(2)20-8)21(18,19)14-7-10-5-4-6-15(10)3/h10,14H,4-7H2,1-3H3,(H,16,17). The van der Waals surface area contributed by atoms with Gasteiger partial charge in [-0.2, -0.15) is 0 Å². The highest BCUT2D eigenvalue weighted by Gasteiger charge is 2.32. The van der Waals surface area contributed by atoms with Crippen LogP contribution in [-0.4, -0.2) is 50.6 Å². The Morgan fingerprint density at radius 1 is 1.43 bits per heavy atom. The molecule has 1 aliphatic rings. The first kappa shape index (κ1) is 16.0. The molecule has 21 heavy (non-hydrogen) atoms. The van der Waals surface area contributed by atoms with Crippen molar-refractivity contribution in [2.45, 2.75) is 37.6 Å². The number of nitrogens with one attached hydrogen (secondary N) is 1. The number of furan rings is 1. The Balaban J connectivity index is 2.25. The molecule has 0 spiro atoms. The molecule has 1 unspecified atom stereocenters. The molecule has 0 bridgehead atoms. The van der Waals surface area contributed by atoms with Crippen LogP contribution in [0.4, 0.5) is 0 Å². The Morgan fingerprint density at radius 2 is 2.10 bits per heavy atom. The second-order valence-electron chi connectivity index (χ2n) is 5.35. The SMILES string of the molecule is Cc1oc(C)c(S(=O)(=O)NCC2CCCN2C)c1C(=O)O. The van der Waals surface area contributed by atoms with E-state index in [4.69, 9.17) is 4.42 Å². The van der Waals surface area contributed by atoms with Crippen LogP contribution in [0.15, 0.2) is 9.31 Å². The zero-order valence-electron chi connectivity index (χ0n) is 12.3. The smallest absolute Gasteiger partial charge is 0.340 e. The Hall–Kier alpha value is -1.38. The summed E-state index contributed by atoms with van der Waals surface area (Å²) in [6.07, 6.45) is 1.96. The molecule has 1 aromatic rings. The molecule has 2 N–H and O–H groups in total. The van der Waals surface area contributed by atoms with Crippen molar-refractivity contribution in [2.24, 2.45) is 0 Å². The van der Waals surface area contributed by atoms with Gasteiger partial charge in [0.2, 0.25) is 10.0 Å². The molecule has 0 saturated carbocycles. The lowest BCUT2D eigenvalue weighted by Gasteiger charge is -2.19. The van der Waals surface area contributed by atoms with Gasteiger partial charge in [-0.25, -0.2) is 17.9 Å². The fourth-order valence-electron chi connectivity index (χ4n) is 2.75. The predicted octanol–water partition coefficient (Wildman–Crippen LogP) is 0.967. The largest absolute Gasteiger partial charge is 0.478 e. The number of likely N-dealkylation sites (tertiary alicyclic amines) is 1. The molecule has 1 aliphatic heterocycles. The minimum Gasteiger partial charge on any atom is -0.478 e. The van der Waals surface area contributed by atoms with Crippen molar-refractivity contribution in [3.8, 4) is 0 Å². The number of carbonyl (C=O) groups is 1. The molecule has 2 heterocycles. The van der Waals surface area contributed by atoms with Crippen molar-refractivity contribution in [1.82, 2.24) is 9.62 Å². The lowest BCUT2D eigenvalue weighted by Crippen LogP contribution is -2.38. The van der Waals surface area contributed by atoms with Crippen LogP contribution in [0.5, 0.6) is 0 Å². The van der Waals surface area contributed by atoms with Gasteiger partial charge in [0, 0.05) is 12.6 Å². The number of aryl methyl sites for hydroxylation is 2. The summed E-state index contributed by atoms with van der Waals surface area (Å²) in [4.78, 5) is 13.1. The molecule has 118 valence electrons. The second-order valence-corrected chi connectivity index (χ2v) is 7.06. The number of hydrogen-bond donors (Lipinski definition) is 2. The third-order valence-corrected chi connectivity index (χ3v) is 5.44. The van der Waals surface area contributed by atoms with Crippen molar-refractivity contribution in [2.75, 3.05) is 20.1 Å². The average molecular weight is 316 g/mol. The monoisotopic (exact) mass is 316 g/mol. The van der Waals surface area contributed by atoms with Crippen LogP contribution in [0.2, 0.25) is 0 Å². The zero-order valence-corrected chi connectivity index (χ0v) is 13.2. The van der Waals surface area contributed by atoms with Gasteiger partial charge in [0.1, 0.15) is 22.0 Å². The Kier molecular flexibility index (Phi) is 4.40. The molecule has 1 fully saturated rings. The Labute approximate surface area is 124 Å². The lowest BCUT2D eigenvalue weighted by atomic mass is 10.2. The highest BCUT2D eigenvalue weighted by atomic mass is 32.2. The van der Waals surface area contributed by atoms with Crippen molar-refractivity contribution >= 4 is 16.0 Å². The zero-order chi connectivity index (χ0) is 15.8. The van der Waals surface area contributed by atoms with Crippen LogP contribution < -0.4 is 4.72 Å². The maximum atomic E-state index is 12.4. The van der Waals surface area contributed by atoms with Gasteiger partial charge in [0.05, 0.1) is 0 Å². The fraction of sp³-hybridized carbons (Fsp3) is 0.615. The molecular formula is C13H20N2O5S. The summed E-state index contributed by atoms with van der Waals surface area (Å²) in [6, 6.07) is 0.140. The van der Waals surface area contributed by atoms with E-state index in [1.54, 1.807) is 0 Å². The number of hydrogen-bond acceptors (Lipinski definition) is 5. The molecule has 0 amide bonds. The average Bonchev–Trinajstić information content (AvgIpc) is 2.90. The van der Waals surface area contributed by atoms with Gasteiger partial charge < -0.3 is 14.4 Å². The molecule has 0 aromatic carbocycles. The van der Waals surface area contributed by atoms with E-state index in [0.29, 0.717) is 0 Å². The van der Waals surface area contributed by atoms with Crippen molar-refractivity contribution in [3.63, 3.8) is 0 Å². The van der Waals surface area contributed by atoms with Crippen LogP contribution in [0, 0.1) is 13.8 Å². The summed E-state index contributed by atoms with van der Waals surface area (Å²) < 4.78 is 32.5. The summed E-state index contributed by atoms with van der Waals surface area (Å²) in [5.74, 6) is -1.11. The summed E-state index contributed by atoms with van der Waals surface area (Å²) >= 11 is 0. The number of rotatable bonds is 5. The summed E-state index contributed by atoms with van der Waals surface area (Å²) in [6.45, 7) is 4.11. The van der Waals surface area contributed by atoms with E-state index >= 15 is 0 Å². The molecule has 8 heteroatoms. The molecule has 1 atom stereocenters. The van der Waals surface area contributed by atoms with E-state index in [-0.39, 0.29) is 34.6 Å². The van der Waals surface area contributed by atoms with Crippen molar-refractivity contribution < 1.29 is 22.7 Å². The van der Waals surface area contributed by atoms with Crippen molar-refractivity contribution in [1.29, 1.82) is 0 Å². The number of carboxylic acids is 1. The van der Waals surface area contributed by atoms with Gasteiger partial charge in [-0.15, -0.1) is 0 Å². The van der Waals surface area contributed by atoms with Crippen LogP contribution >= 0.6 is 0 Å². The minimum atomic E-state index is -3.91. The van der Waals surface area contributed by atoms with Crippen molar-refractivity contribution in [3.05, 3.63) is 17.1 Å². The quantitative estimate of drug-likeness (QED) is 0.839. The van der Waals surface area contributed by atoms with E-state index in [2.05, 4.69) is 9.62 Å². The molecular weight excluding hydrogens is 296 g/mol. The summed E-state index contributed by atoms with van der Waals surface area (Å²) in [5, 5.41) is 9.18. The first-order valence-electron chi connectivity index (χ1n) is 6.77. The number of nitrogens with zero attached hydrogens (tertiary/aromatic N) is 1. The first-order valence-corrected chi connectivity index (χ1v) is 8.25. The van der Waals surface area contributed by atoms with Crippen LogP contribution in [0.25, 0.3) is 0 Å². The van der Waals surface area contributed by atoms with Gasteiger partial charge in [-0.05, 0) is 40.3 Å². The molecule has 1 saturated heterocycles. The molecule has 0 radical (unpaired) electrons. The maximum absolute atomic E-state index is 12.4. The highest BCUT2D eigenvalue weighted by molar-refractivity contribution is 7.89. The third-order valence-electron chi connectivity index (χ3n) is 3.87. The predicted molar refractivity (Wildman–Crippen MR) is 76.0 cm³/mol. The van der Waals surface area contributed by atoms with Gasteiger partial charge in [-0.1, -0.05) is 0 Å². The molecule has 0 aliphatic carbocycles. The van der Waals surface area contributed by atoms with E-state index in [1.807, 2.05) is 7.05 Å². The summed E-state index contributed by atoms with van der Waals surface area (Å²) in [7, 11) is -1.96. The number of likely N-dealkylation sites (N-methyl/N-ethyl adjacent to an activating group) is 1.